The van der Waals surface area contributed by atoms with Crippen LogP contribution in [0, 0.1) is 35.5 Å². The summed E-state index contributed by atoms with van der Waals surface area (Å²) in [5.74, 6) is -4.29. The van der Waals surface area contributed by atoms with Crippen LogP contribution in [0.2, 0.25) is 0 Å². The first-order chi connectivity index (χ1) is 26.2. The van der Waals surface area contributed by atoms with Gasteiger partial charge in [0.2, 0.25) is 6.79 Å². The summed E-state index contributed by atoms with van der Waals surface area (Å²) < 4.78 is 40.9. The van der Waals surface area contributed by atoms with Crippen LogP contribution in [0.5, 0.6) is 0 Å². The molecule has 0 aromatic heterocycles. The summed E-state index contributed by atoms with van der Waals surface area (Å²) in [4.78, 5) is 19.9. The molecule has 2 fully saturated rings. The Balaban J connectivity index is 2.81. The quantitative estimate of drug-likeness (QED) is 0.0606. The van der Waals surface area contributed by atoms with Gasteiger partial charge in [0, 0.05) is 26.1 Å². The molecule has 17 atom stereocenters. The predicted octanol–water partition coefficient (Wildman–Crippen LogP) is 4.17. The van der Waals surface area contributed by atoms with Crippen LogP contribution < -0.4 is 0 Å². The maximum Gasteiger partial charge on any atom is 0.311 e. The van der Waals surface area contributed by atoms with Crippen molar-refractivity contribution in [3.63, 3.8) is 0 Å². The monoisotopic (exact) mass is 808 g/mol. The van der Waals surface area contributed by atoms with Crippen molar-refractivity contribution in [1.29, 1.82) is 0 Å². The molecule has 56 heavy (non-hydrogen) atoms. The summed E-state index contributed by atoms with van der Waals surface area (Å²) >= 11 is 0. The molecule has 5 N–H and O–H groups in total. The van der Waals surface area contributed by atoms with Crippen LogP contribution in [-0.2, 0) is 42.8 Å². The molecule has 2 saturated heterocycles. The zero-order valence-corrected chi connectivity index (χ0v) is 36.4. The minimum Gasteiger partial charge on any atom is -0.459 e. The number of methoxy groups -OCH3 is 2. The number of hydrogen-bond donors (Lipinski definition) is 5. The lowest BCUT2D eigenvalue weighted by Gasteiger charge is -2.47. The summed E-state index contributed by atoms with van der Waals surface area (Å²) in [6.45, 7) is 20.0. The first kappa shape index (κ1) is 50.6. The fourth-order valence-corrected chi connectivity index (χ4v) is 8.64. The molecule has 0 aromatic rings. The van der Waals surface area contributed by atoms with E-state index in [2.05, 4.69) is 5.16 Å². The van der Waals surface area contributed by atoms with E-state index in [9.17, 15) is 30.3 Å². The average Bonchev–Trinajstić information content (AvgIpc) is 3.13. The van der Waals surface area contributed by atoms with Gasteiger partial charge in [0.25, 0.3) is 0 Å². The number of carbonyl (C=O) groups excluding carboxylic acids is 1. The highest BCUT2D eigenvalue weighted by Crippen LogP contribution is 2.43. The Labute approximate surface area is 335 Å². The molecule has 2 rings (SSSR count). The molecule has 2 aliphatic rings. The fourth-order valence-electron chi connectivity index (χ4n) is 8.64. The van der Waals surface area contributed by atoms with Crippen LogP contribution in [-0.4, -0.2) is 138 Å². The van der Waals surface area contributed by atoms with Gasteiger partial charge in [0.05, 0.1) is 61.0 Å². The van der Waals surface area contributed by atoms with E-state index in [1.807, 2.05) is 34.6 Å². The molecular weight excluding hydrogens is 730 g/mol. The van der Waals surface area contributed by atoms with Gasteiger partial charge in [-0.1, -0.05) is 53.1 Å². The number of nitrogens with zero attached hydrogens (tertiary/aromatic N) is 1. The van der Waals surface area contributed by atoms with Crippen molar-refractivity contribution in [3.8, 4) is 0 Å². The second-order valence-electron chi connectivity index (χ2n) is 16.9. The maximum atomic E-state index is 14.3. The van der Waals surface area contributed by atoms with Gasteiger partial charge in [-0.05, 0) is 84.5 Å². The topological polar surface area (TPSA) is 204 Å². The van der Waals surface area contributed by atoms with Gasteiger partial charge >= 0.3 is 5.97 Å². The van der Waals surface area contributed by atoms with Gasteiger partial charge in [-0.15, -0.1) is 0 Å². The van der Waals surface area contributed by atoms with E-state index in [1.165, 1.54) is 14.0 Å². The number of esters is 1. The lowest BCUT2D eigenvalue weighted by Crippen LogP contribution is -2.57. The van der Waals surface area contributed by atoms with Crippen LogP contribution in [0.25, 0.3) is 0 Å². The average molecular weight is 808 g/mol. The van der Waals surface area contributed by atoms with Crippen molar-refractivity contribution in [2.75, 3.05) is 34.2 Å². The third-order valence-corrected chi connectivity index (χ3v) is 12.0. The highest BCUT2D eigenvalue weighted by Gasteiger charge is 2.51. The number of cyclic esters (lactones) is 1. The first-order valence-electron chi connectivity index (χ1n) is 20.6. The van der Waals surface area contributed by atoms with Gasteiger partial charge in [0.15, 0.2) is 12.6 Å². The summed E-state index contributed by atoms with van der Waals surface area (Å²) in [7, 11) is 2.92. The lowest BCUT2D eigenvalue weighted by molar-refractivity contribution is -0.260. The number of carbonyl (C=O) groups is 1. The van der Waals surface area contributed by atoms with Crippen LogP contribution in [0.1, 0.15) is 115 Å². The lowest BCUT2D eigenvalue weighted by atomic mass is 9.67. The highest BCUT2D eigenvalue weighted by molar-refractivity contribution is 5.88. The number of aliphatic hydroxyl groups excluding tert-OH is 3. The molecule has 15 nitrogen and oxygen atoms in total. The molecule has 0 saturated carbocycles. The Morgan fingerprint density at radius 3 is 2.25 bits per heavy atom. The summed E-state index contributed by atoms with van der Waals surface area (Å²) in [6.07, 6.45) is -5.77. The van der Waals surface area contributed by atoms with E-state index in [4.69, 9.17) is 38.0 Å². The van der Waals surface area contributed by atoms with E-state index in [0.29, 0.717) is 31.6 Å². The predicted molar refractivity (Wildman–Crippen MR) is 209 cm³/mol. The van der Waals surface area contributed by atoms with Crippen molar-refractivity contribution in [2.24, 2.45) is 40.7 Å². The number of ether oxygens (including phenoxy) is 7. The van der Waals surface area contributed by atoms with Crippen molar-refractivity contribution < 1.29 is 68.3 Å². The van der Waals surface area contributed by atoms with Crippen LogP contribution in [0.3, 0.4) is 0 Å². The second-order valence-corrected chi connectivity index (χ2v) is 16.9. The second kappa shape index (κ2) is 23.3. The largest absolute Gasteiger partial charge is 0.459 e. The molecular formula is C41H77NO14. The summed E-state index contributed by atoms with van der Waals surface area (Å²) in [5, 5.41) is 62.8. The van der Waals surface area contributed by atoms with Crippen molar-refractivity contribution in [3.05, 3.63) is 0 Å². The third-order valence-electron chi connectivity index (χ3n) is 12.0. The van der Waals surface area contributed by atoms with Gasteiger partial charge in [-0.3, -0.25) is 4.79 Å². The maximum absolute atomic E-state index is 14.3. The van der Waals surface area contributed by atoms with Gasteiger partial charge in [-0.25, -0.2) is 0 Å². The fraction of sp³-hybridized carbons (Fsp3) is 0.951. The van der Waals surface area contributed by atoms with Crippen LogP contribution >= 0.6 is 0 Å². The molecule has 0 amide bonds. The van der Waals surface area contributed by atoms with Gasteiger partial charge < -0.3 is 63.5 Å². The normalized spacial score (nSPS) is 40.4. The van der Waals surface area contributed by atoms with Crippen LogP contribution in [0.15, 0.2) is 5.16 Å². The Hall–Kier alpha value is -1.50. The third kappa shape index (κ3) is 13.8. The van der Waals surface area contributed by atoms with E-state index in [1.54, 1.807) is 41.7 Å². The molecule has 6 unspecified atom stereocenters. The molecule has 2 heterocycles. The zero-order chi connectivity index (χ0) is 42.5. The molecule has 0 spiro atoms. The Morgan fingerprint density at radius 1 is 1.00 bits per heavy atom. The highest BCUT2D eigenvalue weighted by atomic mass is 16.7. The number of oxime groups is 1. The molecule has 0 bridgehead atoms. The first-order valence-corrected chi connectivity index (χ1v) is 20.6. The molecule has 2 aliphatic heterocycles. The smallest absolute Gasteiger partial charge is 0.311 e. The van der Waals surface area contributed by atoms with Gasteiger partial charge in [0.1, 0.15) is 17.8 Å². The molecule has 0 aromatic carbocycles. The Morgan fingerprint density at radius 2 is 1.66 bits per heavy atom. The Kier molecular flexibility index (Phi) is 21.1. The van der Waals surface area contributed by atoms with E-state index in [-0.39, 0.29) is 44.7 Å². The van der Waals surface area contributed by atoms with E-state index in [0.717, 1.165) is 0 Å². The Bertz CT molecular complexity index is 1170. The zero-order valence-electron chi connectivity index (χ0n) is 36.4. The van der Waals surface area contributed by atoms with Crippen LogP contribution in [0.4, 0.5) is 0 Å². The molecule has 0 aliphatic carbocycles. The molecule has 0 radical (unpaired) electrons. The van der Waals surface area contributed by atoms with E-state index >= 15 is 0 Å². The standard InChI is InChI=1S/C41H77NO14/c1-14-16-33(54-29(9)39(46)50-13)56-36-26(6)30(20-31-35(43)23(3)19-25(5)53-31)40(10,47)21-24(4)34(42-52-22-51-18-17-49-12)27(7)37(44)41(11,48)32(15-2)55-38(45)28(36)8/h23-33,35-37,39,43-44,46-48H,14-22H2,1-13H3/b42-34+/t23-,24+,25+,26+,27?,28?,29-,30+,31-,32+,33?,35?,36-,37?,39?,40+,41+/m0/s1. The SMILES string of the molecule is CCCC(O[C@@H](C)C(O)OC)O[C@@H]1C(C)C(=O)O[C@H](CC)[C@@](C)(O)C(O)C(C)/C(=N/OCOCCOC)[C@H](C)C[C@@](C)(O)[C@H](C[C@@H]2O[C@H](C)C[C@H](C)C2O)[C@H]1C. The molecule has 15 heteroatoms. The number of rotatable bonds is 17. The minimum absolute atomic E-state index is 0.0541. The van der Waals surface area contributed by atoms with Gasteiger partial charge in [-0.2, -0.15) is 0 Å². The summed E-state index contributed by atoms with van der Waals surface area (Å²) in [5.41, 5.74) is -3.09. The summed E-state index contributed by atoms with van der Waals surface area (Å²) in [6, 6.07) is 0. The minimum atomic E-state index is -1.93. The number of hydrogen-bond acceptors (Lipinski definition) is 15. The van der Waals surface area contributed by atoms with Crippen molar-refractivity contribution in [2.45, 2.75) is 181 Å². The van der Waals surface area contributed by atoms with Crippen molar-refractivity contribution in [1.82, 2.24) is 0 Å². The number of aliphatic hydroxyl groups is 5. The molecule has 330 valence electrons. The van der Waals surface area contributed by atoms with E-state index < -0.39 is 96.0 Å². The van der Waals surface area contributed by atoms with Crippen molar-refractivity contribution >= 4 is 11.7 Å².